The van der Waals surface area contributed by atoms with Gasteiger partial charge < -0.3 is 14.2 Å². The lowest BCUT2D eigenvalue weighted by atomic mass is 10.1. The van der Waals surface area contributed by atoms with Crippen molar-refractivity contribution in [2.75, 3.05) is 20.4 Å². The summed E-state index contributed by atoms with van der Waals surface area (Å²) in [5, 5.41) is 3.07. The van der Waals surface area contributed by atoms with Crippen molar-refractivity contribution in [3.8, 4) is 5.75 Å². The Bertz CT molecular complexity index is 801. The van der Waals surface area contributed by atoms with Crippen LogP contribution < -0.4 is 15.1 Å². The van der Waals surface area contributed by atoms with Crippen molar-refractivity contribution >= 4 is 16.1 Å². The molecule has 2 atom stereocenters. The minimum atomic E-state index is -4.01. The lowest BCUT2D eigenvalue weighted by Gasteiger charge is -2.21. The minimum absolute atomic E-state index is 0.202. The first-order valence-electron chi connectivity index (χ1n) is 7.51. The average Bonchev–Trinajstić information content (AvgIpc) is 2.66. The number of nitrogens with zero attached hydrogens (tertiary/aromatic N) is 2. The Morgan fingerprint density at radius 2 is 2.04 bits per heavy atom. The van der Waals surface area contributed by atoms with E-state index in [9.17, 15) is 18.0 Å². The molecule has 0 fully saturated rings. The Hall–Kier alpha value is -1.94. The van der Waals surface area contributed by atoms with Gasteiger partial charge in [0.15, 0.2) is 5.69 Å². The van der Waals surface area contributed by atoms with E-state index < -0.39 is 33.1 Å². The predicted octanol–water partition coefficient (Wildman–Crippen LogP) is 0.374. The van der Waals surface area contributed by atoms with Gasteiger partial charge in [-0.15, -0.1) is 0 Å². The van der Waals surface area contributed by atoms with Crippen molar-refractivity contribution in [3.63, 3.8) is 0 Å². The van der Waals surface area contributed by atoms with E-state index in [-0.39, 0.29) is 12.1 Å². The van der Waals surface area contributed by atoms with Crippen molar-refractivity contribution in [3.05, 3.63) is 21.9 Å². The van der Waals surface area contributed by atoms with Gasteiger partial charge in [0.05, 0.1) is 19.4 Å². The van der Waals surface area contributed by atoms with E-state index in [0.29, 0.717) is 5.82 Å². The molecule has 0 bridgehead atoms. The van der Waals surface area contributed by atoms with Crippen LogP contribution in [0.25, 0.3) is 0 Å². The highest BCUT2D eigenvalue weighted by Gasteiger charge is 2.31. The third-order valence-corrected chi connectivity index (χ3v) is 4.40. The zero-order valence-corrected chi connectivity index (χ0v) is 14.8. The number of fused-ring (bicyclic) bond motifs is 1. The molecule has 2 unspecified atom stereocenters. The molecule has 10 heteroatoms. The summed E-state index contributed by atoms with van der Waals surface area (Å²) in [6.07, 6.45) is 3.11. The van der Waals surface area contributed by atoms with Crippen LogP contribution in [0.5, 0.6) is 5.75 Å². The van der Waals surface area contributed by atoms with Crippen LogP contribution in [0.2, 0.25) is 0 Å². The second-order valence-corrected chi connectivity index (χ2v) is 7.30. The van der Waals surface area contributed by atoms with Crippen LogP contribution in [0.1, 0.15) is 54.6 Å². The zero-order chi connectivity index (χ0) is 18.1. The fourth-order valence-electron chi connectivity index (χ4n) is 2.82. The molecule has 2 rings (SSSR count). The van der Waals surface area contributed by atoms with E-state index in [0.717, 1.165) is 32.6 Å². The largest absolute Gasteiger partial charge is 0.464 e. The Morgan fingerprint density at radius 1 is 1.38 bits per heavy atom. The van der Waals surface area contributed by atoms with Crippen molar-refractivity contribution in [1.29, 1.82) is 0 Å². The van der Waals surface area contributed by atoms with Crippen LogP contribution in [0.3, 0.4) is 0 Å². The lowest BCUT2D eigenvalue weighted by molar-refractivity contribution is 0.0590. The van der Waals surface area contributed by atoms with E-state index in [1.165, 1.54) is 4.57 Å². The molecule has 0 aromatic carbocycles. The predicted molar refractivity (Wildman–Crippen MR) is 85.7 cm³/mol. The third-order valence-electron chi connectivity index (χ3n) is 3.93. The van der Waals surface area contributed by atoms with Crippen molar-refractivity contribution in [2.45, 2.75) is 38.3 Å². The molecule has 134 valence electrons. The first kappa shape index (κ1) is 18.4. The molecule has 0 saturated carbocycles. The van der Waals surface area contributed by atoms with Gasteiger partial charge in [-0.3, -0.25) is 9.36 Å². The topological polar surface area (TPSA) is 117 Å². The number of aromatic nitrogens is 2. The average molecular weight is 359 g/mol. The summed E-state index contributed by atoms with van der Waals surface area (Å²) in [5.74, 6) is -1.19. The van der Waals surface area contributed by atoms with Crippen LogP contribution >= 0.6 is 0 Å². The molecule has 1 aromatic heterocycles. The standard InChI is InChI=1S/C14H21N3O6S/c1-8-6-5-7-9(15-2)12-16-10(14(19)22-3)11(13(18)17(8)12)23-24(4,20)21/h8-9,15H,5-7H2,1-4H3. The molecule has 0 saturated heterocycles. The van der Waals surface area contributed by atoms with Crippen molar-refractivity contribution in [1.82, 2.24) is 14.9 Å². The quantitative estimate of drug-likeness (QED) is 0.605. The van der Waals surface area contributed by atoms with E-state index in [2.05, 4.69) is 15.0 Å². The summed E-state index contributed by atoms with van der Waals surface area (Å²) >= 11 is 0. The third kappa shape index (κ3) is 3.59. The molecule has 24 heavy (non-hydrogen) atoms. The monoisotopic (exact) mass is 359 g/mol. The fourth-order valence-corrected chi connectivity index (χ4v) is 3.27. The van der Waals surface area contributed by atoms with E-state index >= 15 is 0 Å². The first-order valence-corrected chi connectivity index (χ1v) is 9.32. The van der Waals surface area contributed by atoms with Gasteiger partial charge in [0.25, 0.3) is 5.56 Å². The maximum absolute atomic E-state index is 12.9. The molecule has 1 N–H and O–H groups in total. The number of esters is 1. The van der Waals surface area contributed by atoms with Gasteiger partial charge in [0.2, 0.25) is 5.75 Å². The molecule has 1 aliphatic rings. The summed E-state index contributed by atoms with van der Waals surface area (Å²) in [6, 6.07) is -0.440. The van der Waals surface area contributed by atoms with Gasteiger partial charge in [-0.2, -0.15) is 8.42 Å². The first-order chi connectivity index (χ1) is 11.2. The van der Waals surface area contributed by atoms with Gasteiger partial charge in [-0.1, -0.05) is 0 Å². The summed E-state index contributed by atoms with van der Waals surface area (Å²) in [7, 11) is -1.16. The zero-order valence-electron chi connectivity index (χ0n) is 14.0. The van der Waals surface area contributed by atoms with Crippen molar-refractivity contribution < 1.29 is 22.1 Å². The van der Waals surface area contributed by atoms with Crippen LogP contribution in [0.15, 0.2) is 4.79 Å². The smallest absolute Gasteiger partial charge is 0.360 e. The number of carbonyl (C=O) groups is 1. The number of nitrogens with one attached hydrogen (secondary N) is 1. The highest BCUT2D eigenvalue weighted by Crippen LogP contribution is 2.29. The second kappa shape index (κ2) is 6.89. The number of methoxy groups -OCH3 is 1. The highest BCUT2D eigenvalue weighted by molar-refractivity contribution is 7.86. The highest BCUT2D eigenvalue weighted by atomic mass is 32.2. The number of ether oxygens (including phenoxy) is 1. The van der Waals surface area contributed by atoms with Gasteiger partial charge >= 0.3 is 16.1 Å². The van der Waals surface area contributed by atoms with Gasteiger partial charge in [0, 0.05) is 6.04 Å². The Balaban J connectivity index is 2.81. The fraction of sp³-hybridized carbons (Fsp3) is 0.643. The SMILES string of the molecule is CNC1CCCC(C)n2c1nc(C(=O)OC)c(OS(C)(=O)=O)c2=O. The van der Waals surface area contributed by atoms with Crippen molar-refractivity contribution in [2.24, 2.45) is 0 Å². The normalized spacial score (nSPS) is 20.8. The summed E-state index contributed by atoms with van der Waals surface area (Å²) in [6.45, 7) is 1.84. The maximum Gasteiger partial charge on any atom is 0.360 e. The van der Waals surface area contributed by atoms with Crippen LogP contribution in [-0.2, 0) is 14.9 Å². The summed E-state index contributed by atoms with van der Waals surface area (Å²) in [5.41, 5.74) is -1.14. The molecule has 1 aliphatic heterocycles. The molecule has 0 radical (unpaired) electrons. The Labute approximate surface area is 140 Å². The second-order valence-electron chi connectivity index (χ2n) is 5.72. The maximum atomic E-state index is 12.9. The Morgan fingerprint density at radius 3 is 2.58 bits per heavy atom. The Kier molecular flexibility index (Phi) is 5.29. The molecular formula is C14H21N3O6S. The molecule has 0 amide bonds. The molecular weight excluding hydrogens is 338 g/mol. The number of hydrogen-bond acceptors (Lipinski definition) is 8. The van der Waals surface area contributed by atoms with Crippen LogP contribution in [0.4, 0.5) is 0 Å². The van der Waals surface area contributed by atoms with Gasteiger partial charge in [0.1, 0.15) is 5.82 Å². The minimum Gasteiger partial charge on any atom is -0.464 e. The summed E-state index contributed by atoms with van der Waals surface area (Å²) < 4.78 is 33.8. The number of hydrogen-bond donors (Lipinski definition) is 1. The van der Waals surface area contributed by atoms with Crippen LogP contribution in [-0.4, -0.2) is 44.4 Å². The molecule has 0 spiro atoms. The lowest BCUT2D eigenvalue weighted by Crippen LogP contribution is -2.34. The van der Waals surface area contributed by atoms with E-state index in [4.69, 9.17) is 4.18 Å². The number of rotatable bonds is 4. The molecule has 2 heterocycles. The molecule has 1 aromatic rings. The van der Waals surface area contributed by atoms with Gasteiger partial charge in [-0.05, 0) is 33.2 Å². The number of carbonyl (C=O) groups excluding carboxylic acids is 1. The van der Waals surface area contributed by atoms with E-state index in [1.807, 2.05) is 6.92 Å². The molecule has 9 nitrogen and oxygen atoms in total. The summed E-state index contributed by atoms with van der Waals surface area (Å²) in [4.78, 5) is 29.1. The van der Waals surface area contributed by atoms with Gasteiger partial charge in [-0.25, -0.2) is 9.78 Å². The molecule has 0 aliphatic carbocycles. The van der Waals surface area contributed by atoms with Crippen LogP contribution in [0, 0.1) is 0 Å². The van der Waals surface area contributed by atoms with E-state index in [1.54, 1.807) is 7.05 Å².